The van der Waals surface area contributed by atoms with E-state index in [4.69, 9.17) is 13.9 Å². The van der Waals surface area contributed by atoms with E-state index in [1.165, 1.54) is 16.5 Å². The number of fused-ring (bicyclic) bond motifs is 3. The second kappa shape index (κ2) is 17.9. The number of halogens is 1. The van der Waals surface area contributed by atoms with Crippen LogP contribution in [0.4, 0.5) is 5.69 Å². The first-order valence-corrected chi connectivity index (χ1v) is 23.5. The Morgan fingerprint density at radius 1 is 0.932 bits per heavy atom. The van der Waals surface area contributed by atoms with Crippen molar-refractivity contribution in [2.75, 3.05) is 25.2 Å². The molecule has 308 valence electrons. The van der Waals surface area contributed by atoms with Gasteiger partial charge < -0.3 is 29.1 Å². The topological polar surface area (TPSA) is 126 Å². The predicted octanol–water partition coefficient (Wildman–Crippen LogP) is 6.75. The molecule has 59 heavy (non-hydrogen) atoms. The number of aromatic hydroxyl groups is 1. The smallest absolute Gasteiger partial charge is 0.488 e. The maximum absolute atomic E-state index is 14.5. The van der Waals surface area contributed by atoms with Crippen LogP contribution in [0.2, 0.25) is 5.04 Å². The van der Waals surface area contributed by atoms with E-state index >= 15 is 0 Å². The molecule has 2 aliphatic heterocycles. The third-order valence-electron chi connectivity index (χ3n) is 12.3. The molecule has 0 bridgehead atoms. The van der Waals surface area contributed by atoms with Crippen LogP contribution in [-0.2, 0) is 18.8 Å². The molecule has 12 heteroatoms. The van der Waals surface area contributed by atoms with Gasteiger partial charge in [-0.1, -0.05) is 119 Å². The van der Waals surface area contributed by atoms with Crippen molar-refractivity contribution in [1.82, 2.24) is 0 Å². The molecule has 0 radical (unpaired) electrons. The highest BCUT2D eigenvalue weighted by Gasteiger charge is 2.58. The van der Waals surface area contributed by atoms with Crippen molar-refractivity contribution in [3.8, 4) is 11.5 Å². The van der Waals surface area contributed by atoms with Gasteiger partial charge in [-0.3, -0.25) is 14.5 Å². The summed E-state index contributed by atoms with van der Waals surface area (Å²) in [6.45, 7) is 9.51. The number of nitrogens with zero attached hydrogens (tertiary/aromatic N) is 1. The number of ether oxygens (including phenoxy) is 2. The van der Waals surface area contributed by atoms with E-state index in [9.17, 15) is 24.7 Å². The lowest BCUT2D eigenvalue weighted by Crippen LogP contribution is -2.66. The summed E-state index contributed by atoms with van der Waals surface area (Å²) in [5, 5.41) is 32.4. The Balaban J connectivity index is 1.28. The molecule has 2 amide bonds. The van der Waals surface area contributed by atoms with Gasteiger partial charge in [0.2, 0.25) is 11.8 Å². The van der Waals surface area contributed by atoms with Crippen molar-refractivity contribution in [2.24, 2.45) is 17.8 Å². The number of phenols is 1. The molecule has 4 aromatic carbocycles. The monoisotopic (exact) mass is 925 g/mol. The minimum Gasteiger partial charge on any atom is -0.504 e. The number of phenolic OH excluding ortho intramolecular Hbond substituents is 1. The van der Waals surface area contributed by atoms with Crippen LogP contribution in [0.1, 0.15) is 65.4 Å². The quantitative estimate of drug-likeness (QED) is 0.0550. The average molecular weight is 926 g/mol. The van der Waals surface area contributed by atoms with E-state index in [-0.39, 0.29) is 40.1 Å². The zero-order chi connectivity index (χ0) is 42.1. The van der Waals surface area contributed by atoms with Crippen molar-refractivity contribution in [2.45, 2.75) is 70.9 Å². The van der Waals surface area contributed by atoms with Crippen molar-refractivity contribution >= 4 is 77.4 Å². The van der Waals surface area contributed by atoms with Crippen LogP contribution >= 0.6 is 22.6 Å². The number of amides is 2. The number of imide groups is 1. The molecule has 2 fully saturated rings. The Labute approximate surface area is 362 Å². The van der Waals surface area contributed by atoms with Crippen LogP contribution in [0, 0.1) is 21.3 Å². The van der Waals surface area contributed by atoms with Crippen LogP contribution in [0.25, 0.3) is 6.08 Å². The summed E-state index contributed by atoms with van der Waals surface area (Å²) in [6.07, 6.45) is 5.53. The molecule has 4 aromatic rings. The van der Waals surface area contributed by atoms with E-state index in [0.29, 0.717) is 41.1 Å². The summed E-state index contributed by atoms with van der Waals surface area (Å²) in [4.78, 5) is 30.2. The molecule has 7 rings (SSSR count). The second-order valence-electron chi connectivity index (χ2n) is 16.9. The number of hydrogen-bond donors (Lipinski definition) is 3. The standard InChI is InChI=1S/C47H53BINO8Si/c1-6-14-30(23-31-24-39(49)44(51)41(25-31)56-5)21-22-40-42-32(28-58-59(47(2,3)4,35-17-9-7-10-18-35)36-19-11-8-12-20-36)26-37-43(38(42)29-57-40)46(53)50(45(37)52)34-16-13-15-33(27-34)48(54)55/h7-13,15-20,23-25,27,37-38,40,43,51,54-55H,6,14,21-22,26,28-29H2,1-5H3/b30-23+/t37-,38+,40-,43-/m1/s1. The highest BCUT2D eigenvalue weighted by atomic mass is 127. The highest BCUT2D eigenvalue weighted by Crippen LogP contribution is 2.51. The first kappa shape index (κ1) is 43.1. The summed E-state index contributed by atoms with van der Waals surface area (Å²) >= 11 is 2.12. The average Bonchev–Trinajstić information content (AvgIpc) is 3.76. The molecule has 4 atom stereocenters. The molecular formula is C47H53BINO8Si. The van der Waals surface area contributed by atoms with Crippen molar-refractivity contribution in [3.63, 3.8) is 0 Å². The van der Waals surface area contributed by atoms with Crippen molar-refractivity contribution < 1.29 is 38.6 Å². The van der Waals surface area contributed by atoms with E-state index in [1.807, 2.05) is 24.3 Å². The van der Waals surface area contributed by atoms with Crippen LogP contribution in [0.3, 0.4) is 0 Å². The van der Waals surface area contributed by atoms with E-state index in [2.05, 4.69) is 105 Å². The van der Waals surface area contributed by atoms with Crippen molar-refractivity contribution in [3.05, 3.63) is 123 Å². The van der Waals surface area contributed by atoms with Gasteiger partial charge in [-0.25, -0.2) is 0 Å². The van der Waals surface area contributed by atoms with Crippen LogP contribution in [-0.4, -0.2) is 68.8 Å². The minimum atomic E-state index is -2.98. The van der Waals surface area contributed by atoms with E-state index in [0.717, 1.165) is 46.3 Å². The Morgan fingerprint density at radius 2 is 1.61 bits per heavy atom. The lowest BCUT2D eigenvalue weighted by atomic mass is 9.69. The first-order chi connectivity index (χ1) is 28.3. The Morgan fingerprint density at radius 3 is 2.22 bits per heavy atom. The molecule has 9 nitrogen and oxygen atoms in total. The summed E-state index contributed by atoms with van der Waals surface area (Å²) < 4.78 is 20.4. The number of anilines is 1. The highest BCUT2D eigenvalue weighted by molar-refractivity contribution is 14.1. The summed E-state index contributed by atoms with van der Waals surface area (Å²) in [5.41, 5.74) is 4.82. The molecule has 0 aromatic heterocycles. The number of allylic oxidation sites excluding steroid dienone is 1. The van der Waals surface area contributed by atoms with Crippen molar-refractivity contribution in [1.29, 1.82) is 0 Å². The van der Waals surface area contributed by atoms with Gasteiger partial charge >= 0.3 is 7.12 Å². The Hall–Kier alpha value is -4.05. The van der Waals surface area contributed by atoms with E-state index < -0.39 is 27.3 Å². The molecule has 0 spiro atoms. The third kappa shape index (κ3) is 8.36. The fourth-order valence-corrected chi connectivity index (χ4v) is 14.8. The number of methoxy groups -OCH3 is 1. The fourth-order valence-electron chi connectivity index (χ4n) is 9.62. The molecule has 1 aliphatic carbocycles. The Kier molecular flexibility index (Phi) is 13.1. The van der Waals surface area contributed by atoms with Gasteiger partial charge in [0.05, 0.1) is 47.5 Å². The summed E-state index contributed by atoms with van der Waals surface area (Å²) in [7, 11) is -3.16. The number of benzene rings is 4. The summed E-state index contributed by atoms with van der Waals surface area (Å²) in [6, 6.07) is 31.2. The van der Waals surface area contributed by atoms with Gasteiger partial charge in [0.15, 0.2) is 11.5 Å². The largest absolute Gasteiger partial charge is 0.504 e. The maximum Gasteiger partial charge on any atom is 0.488 e. The minimum absolute atomic E-state index is 0.125. The second-order valence-corrected chi connectivity index (χ2v) is 22.4. The predicted molar refractivity (Wildman–Crippen MR) is 244 cm³/mol. The molecular weight excluding hydrogens is 872 g/mol. The SMILES string of the molecule is CCC/C(=C\c1cc(I)c(O)c(OC)c1)CC[C@H]1OC[C@H]2C1=C(CO[Si](c1ccccc1)(c1ccccc1)C(C)(C)C)C[C@H]1C(=O)N(c3cccc(B(O)O)c3)C(=O)[C@H]12. The molecule has 3 N–H and O–H groups in total. The lowest BCUT2D eigenvalue weighted by Gasteiger charge is -2.44. The van der Waals surface area contributed by atoms with E-state index in [1.54, 1.807) is 25.3 Å². The van der Waals surface area contributed by atoms with Gasteiger partial charge in [-0.2, -0.15) is 0 Å². The molecule has 0 unspecified atom stereocenters. The van der Waals surface area contributed by atoms with Crippen LogP contribution in [0.5, 0.6) is 11.5 Å². The van der Waals surface area contributed by atoms with Crippen LogP contribution < -0.4 is 25.5 Å². The zero-order valence-corrected chi connectivity index (χ0v) is 37.5. The zero-order valence-electron chi connectivity index (χ0n) is 34.4. The van der Waals surface area contributed by atoms with Gasteiger partial charge in [0.1, 0.15) is 0 Å². The van der Waals surface area contributed by atoms with Gasteiger partial charge in [0.25, 0.3) is 8.32 Å². The number of carbonyl (C=O) groups is 2. The van der Waals surface area contributed by atoms with Crippen LogP contribution in [0.15, 0.2) is 114 Å². The maximum atomic E-state index is 14.5. The number of rotatable bonds is 14. The Bertz CT molecular complexity index is 2200. The molecule has 3 aliphatic rings. The molecule has 2 saturated heterocycles. The lowest BCUT2D eigenvalue weighted by molar-refractivity contribution is -0.122. The first-order valence-electron chi connectivity index (χ1n) is 20.5. The van der Waals surface area contributed by atoms with Gasteiger partial charge in [-0.05, 0) is 110 Å². The van der Waals surface area contributed by atoms with Gasteiger partial charge in [-0.15, -0.1) is 0 Å². The fraction of sp³-hybridized carbons (Fsp3) is 0.362. The normalized spacial score (nSPS) is 20.9. The number of carbonyl (C=O) groups excluding carboxylic acids is 2. The number of hydrogen-bond acceptors (Lipinski definition) is 8. The summed E-state index contributed by atoms with van der Waals surface area (Å²) in [5.74, 6) is -1.56. The molecule has 2 heterocycles. The third-order valence-corrected chi connectivity index (χ3v) is 18.1. The van der Waals surface area contributed by atoms with Gasteiger partial charge in [0, 0.05) is 5.92 Å². The molecule has 0 saturated carbocycles.